The van der Waals surface area contributed by atoms with Gasteiger partial charge in [0.05, 0.1) is 12.2 Å². The average Bonchev–Trinajstić information content (AvgIpc) is 2.77. The first-order valence-electron chi connectivity index (χ1n) is 7.58. The van der Waals surface area contributed by atoms with Gasteiger partial charge in [0.1, 0.15) is 11.7 Å². The number of hydrogen-bond acceptors (Lipinski definition) is 4. The SMILES string of the molecule is C=C1NC(=O)[C@@](NC(=O)c2ccc(OC(C)C)cc2)(C(F)(F)F)[C@H]1C#N. The zero-order chi connectivity index (χ0) is 19.7. The van der Waals surface area contributed by atoms with Crippen LogP contribution in [0.3, 0.4) is 0 Å². The minimum atomic E-state index is -5.20. The van der Waals surface area contributed by atoms with Crippen molar-refractivity contribution in [2.24, 2.45) is 5.92 Å². The van der Waals surface area contributed by atoms with Crippen LogP contribution in [0, 0.1) is 17.2 Å². The van der Waals surface area contributed by atoms with E-state index in [4.69, 9.17) is 10.00 Å². The second-order valence-electron chi connectivity index (χ2n) is 5.99. The topological polar surface area (TPSA) is 91.2 Å². The third-order valence-corrected chi connectivity index (χ3v) is 3.79. The second-order valence-corrected chi connectivity index (χ2v) is 5.99. The Labute approximate surface area is 147 Å². The molecule has 2 rings (SSSR count). The lowest BCUT2D eigenvalue weighted by molar-refractivity contribution is -0.197. The summed E-state index contributed by atoms with van der Waals surface area (Å²) in [4.78, 5) is 24.3. The first-order valence-corrected chi connectivity index (χ1v) is 7.58. The van der Waals surface area contributed by atoms with Gasteiger partial charge in [0.2, 0.25) is 5.54 Å². The van der Waals surface area contributed by atoms with E-state index in [0.717, 1.165) is 0 Å². The van der Waals surface area contributed by atoms with E-state index < -0.39 is 35.1 Å². The molecule has 1 aliphatic rings. The monoisotopic (exact) mass is 367 g/mol. The number of halogens is 3. The van der Waals surface area contributed by atoms with Crippen LogP contribution in [0.1, 0.15) is 24.2 Å². The number of alkyl halides is 3. The fourth-order valence-corrected chi connectivity index (χ4v) is 2.58. The third kappa shape index (κ3) is 3.22. The molecule has 2 N–H and O–H groups in total. The molecule has 1 fully saturated rings. The summed E-state index contributed by atoms with van der Waals surface area (Å²) in [5.41, 5.74) is -3.94. The smallest absolute Gasteiger partial charge is 0.422 e. The molecule has 2 atom stereocenters. The van der Waals surface area contributed by atoms with Crippen LogP contribution in [0.25, 0.3) is 0 Å². The van der Waals surface area contributed by atoms with Crippen molar-refractivity contribution < 1.29 is 27.5 Å². The highest BCUT2D eigenvalue weighted by Gasteiger charge is 2.70. The van der Waals surface area contributed by atoms with Crippen molar-refractivity contribution in [3.05, 3.63) is 42.1 Å². The van der Waals surface area contributed by atoms with E-state index in [-0.39, 0.29) is 11.7 Å². The van der Waals surface area contributed by atoms with Gasteiger partial charge in [0.25, 0.3) is 11.8 Å². The van der Waals surface area contributed by atoms with Crippen molar-refractivity contribution in [1.29, 1.82) is 5.26 Å². The molecule has 0 bridgehead atoms. The Morgan fingerprint density at radius 2 is 1.96 bits per heavy atom. The molecule has 0 saturated carbocycles. The summed E-state index contributed by atoms with van der Waals surface area (Å²) in [5.74, 6) is -4.25. The molecule has 2 amide bonds. The summed E-state index contributed by atoms with van der Waals surface area (Å²) in [7, 11) is 0. The van der Waals surface area contributed by atoms with E-state index >= 15 is 0 Å². The highest BCUT2D eigenvalue weighted by Crippen LogP contribution is 2.42. The zero-order valence-corrected chi connectivity index (χ0v) is 14.0. The fraction of sp³-hybridized carbons (Fsp3) is 0.353. The van der Waals surface area contributed by atoms with Crippen LogP contribution >= 0.6 is 0 Å². The molecule has 1 heterocycles. The highest BCUT2D eigenvalue weighted by molar-refractivity contribution is 6.02. The Morgan fingerprint density at radius 3 is 2.42 bits per heavy atom. The molecular weight excluding hydrogens is 351 g/mol. The van der Waals surface area contributed by atoms with Crippen molar-refractivity contribution >= 4 is 11.8 Å². The summed E-state index contributed by atoms with van der Waals surface area (Å²) >= 11 is 0. The fourth-order valence-electron chi connectivity index (χ4n) is 2.58. The van der Waals surface area contributed by atoms with E-state index in [1.54, 1.807) is 19.2 Å². The van der Waals surface area contributed by atoms with Crippen LogP contribution < -0.4 is 15.4 Å². The number of hydrogen-bond donors (Lipinski definition) is 2. The second kappa shape index (κ2) is 6.71. The number of rotatable bonds is 4. The molecule has 9 heteroatoms. The summed E-state index contributed by atoms with van der Waals surface area (Å²) < 4.78 is 46.4. The number of amides is 2. The van der Waals surface area contributed by atoms with Crippen molar-refractivity contribution in [3.63, 3.8) is 0 Å². The largest absolute Gasteiger partial charge is 0.491 e. The van der Waals surface area contributed by atoms with E-state index in [0.29, 0.717) is 5.75 Å². The van der Waals surface area contributed by atoms with E-state index in [1.807, 2.05) is 5.32 Å². The van der Waals surface area contributed by atoms with Crippen LogP contribution in [0.2, 0.25) is 0 Å². The molecule has 6 nitrogen and oxygen atoms in total. The molecular formula is C17H16F3N3O3. The van der Waals surface area contributed by atoms with Gasteiger partial charge in [-0.3, -0.25) is 9.59 Å². The summed E-state index contributed by atoms with van der Waals surface area (Å²) in [6, 6.07) is 6.76. The summed E-state index contributed by atoms with van der Waals surface area (Å²) in [6.07, 6.45) is -5.32. The number of nitrogens with one attached hydrogen (secondary N) is 2. The van der Waals surface area contributed by atoms with Gasteiger partial charge < -0.3 is 15.4 Å². The predicted molar refractivity (Wildman–Crippen MR) is 84.8 cm³/mol. The Balaban J connectivity index is 2.36. The standard InChI is InChI=1S/C17H16F3N3O3/c1-9(2)26-12-6-4-11(5-7-12)14(24)23-16(17(18,19)20)13(8-21)10(3)22-15(16)25/h4-7,9,13H,3H2,1-2H3,(H,22,25)(H,23,24)/t13-,16+/m0/s1. The Hall–Kier alpha value is -3.02. The molecule has 0 spiro atoms. The van der Waals surface area contributed by atoms with Gasteiger partial charge in [0.15, 0.2) is 0 Å². The Bertz CT molecular complexity index is 781. The maximum absolute atomic E-state index is 13.7. The number of ether oxygens (including phenoxy) is 1. The Morgan fingerprint density at radius 1 is 1.38 bits per heavy atom. The first-order chi connectivity index (χ1) is 12.0. The van der Waals surface area contributed by atoms with Crippen LogP contribution in [-0.2, 0) is 4.79 Å². The van der Waals surface area contributed by atoms with E-state index in [2.05, 4.69) is 6.58 Å². The number of carbonyl (C=O) groups excluding carboxylic acids is 2. The van der Waals surface area contributed by atoms with Gasteiger partial charge in [-0.15, -0.1) is 0 Å². The van der Waals surface area contributed by atoms with Crippen LogP contribution in [-0.4, -0.2) is 29.6 Å². The number of nitriles is 1. The highest BCUT2D eigenvalue weighted by atomic mass is 19.4. The van der Waals surface area contributed by atoms with Gasteiger partial charge in [-0.2, -0.15) is 18.4 Å². The molecule has 26 heavy (non-hydrogen) atoms. The first kappa shape index (κ1) is 19.3. The molecule has 1 aromatic carbocycles. The number of benzene rings is 1. The summed E-state index contributed by atoms with van der Waals surface area (Å²) in [6.45, 7) is 6.85. The van der Waals surface area contributed by atoms with E-state index in [1.165, 1.54) is 30.3 Å². The minimum absolute atomic E-state index is 0.118. The van der Waals surface area contributed by atoms with Crippen molar-refractivity contribution in [2.45, 2.75) is 31.7 Å². The molecule has 0 aliphatic carbocycles. The van der Waals surface area contributed by atoms with Gasteiger partial charge in [-0.1, -0.05) is 6.58 Å². The Kier molecular flexibility index (Phi) is 4.98. The molecule has 1 aliphatic heterocycles. The number of nitrogens with zero attached hydrogens (tertiary/aromatic N) is 1. The maximum atomic E-state index is 13.7. The normalized spacial score (nSPS) is 22.7. The molecule has 0 aromatic heterocycles. The quantitative estimate of drug-likeness (QED) is 0.854. The molecule has 1 saturated heterocycles. The van der Waals surface area contributed by atoms with Gasteiger partial charge in [0, 0.05) is 11.3 Å². The van der Waals surface area contributed by atoms with Gasteiger partial charge >= 0.3 is 6.18 Å². The van der Waals surface area contributed by atoms with Crippen LogP contribution in [0.4, 0.5) is 13.2 Å². The van der Waals surface area contributed by atoms with E-state index in [9.17, 15) is 22.8 Å². The zero-order valence-electron chi connectivity index (χ0n) is 14.0. The van der Waals surface area contributed by atoms with Crippen molar-refractivity contribution in [1.82, 2.24) is 10.6 Å². The predicted octanol–water partition coefficient (Wildman–Crippen LogP) is 2.29. The lowest BCUT2D eigenvalue weighted by atomic mass is 9.84. The summed E-state index contributed by atoms with van der Waals surface area (Å²) in [5, 5.41) is 12.7. The van der Waals surface area contributed by atoms with Gasteiger partial charge in [-0.05, 0) is 38.1 Å². The molecule has 0 unspecified atom stereocenters. The maximum Gasteiger partial charge on any atom is 0.422 e. The van der Waals surface area contributed by atoms with Crippen LogP contribution in [0.15, 0.2) is 36.5 Å². The molecule has 0 radical (unpaired) electrons. The van der Waals surface area contributed by atoms with Gasteiger partial charge in [-0.25, -0.2) is 0 Å². The van der Waals surface area contributed by atoms with Crippen LogP contribution in [0.5, 0.6) is 5.75 Å². The van der Waals surface area contributed by atoms with Crippen molar-refractivity contribution in [3.8, 4) is 11.8 Å². The average molecular weight is 367 g/mol. The lowest BCUT2D eigenvalue weighted by Gasteiger charge is -2.32. The molecule has 138 valence electrons. The molecule has 1 aromatic rings. The minimum Gasteiger partial charge on any atom is -0.491 e. The number of carbonyl (C=O) groups is 2. The lowest BCUT2D eigenvalue weighted by Crippen LogP contribution is -2.66. The third-order valence-electron chi connectivity index (χ3n) is 3.79. The van der Waals surface area contributed by atoms with Crippen molar-refractivity contribution in [2.75, 3.05) is 0 Å².